The van der Waals surface area contributed by atoms with Gasteiger partial charge in [-0.25, -0.2) is 0 Å². The van der Waals surface area contributed by atoms with E-state index in [1.54, 1.807) is 42.7 Å². The zero-order chi connectivity index (χ0) is 43.4. The average molecular weight is 793 g/mol. The molecule has 5 rings (SSSR count). The van der Waals surface area contributed by atoms with E-state index in [1.165, 1.54) is 0 Å². The lowest BCUT2D eigenvalue weighted by molar-refractivity contribution is 0.102. The molecule has 8 heteroatoms. The minimum atomic E-state index is -0.824. The molecule has 0 aliphatic heterocycles. The van der Waals surface area contributed by atoms with Crippen LogP contribution >= 0.6 is 0 Å². The first-order valence-corrected chi connectivity index (χ1v) is 19.9. The van der Waals surface area contributed by atoms with Gasteiger partial charge >= 0.3 is 0 Å². The van der Waals surface area contributed by atoms with E-state index in [9.17, 15) is 0 Å². The predicted octanol–water partition coefficient (Wildman–Crippen LogP) is 11.2. The van der Waals surface area contributed by atoms with E-state index in [0.29, 0.717) is 67.5 Å². The molecule has 0 fully saturated rings. The summed E-state index contributed by atoms with van der Waals surface area (Å²) in [6, 6.07) is 15.8. The predicted molar refractivity (Wildman–Crippen MR) is 231 cm³/mol. The summed E-state index contributed by atoms with van der Waals surface area (Å²) in [4.78, 5) is 31.1. The molecule has 0 amide bonds. The Morgan fingerprint density at radius 1 is 0.345 bits per heavy atom. The topological polar surface area (TPSA) is 89.5 Å². The highest BCUT2D eigenvalue weighted by Crippen LogP contribution is 2.49. The third-order valence-corrected chi connectivity index (χ3v) is 11.3. The fraction of sp³-hybridized carbons (Fsp3) is 0.480. The van der Waals surface area contributed by atoms with Crippen LogP contribution in [0.2, 0.25) is 0 Å². The van der Waals surface area contributed by atoms with Crippen LogP contribution in [0.3, 0.4) is 0 Å². The molecule has 312 valence electrons. The monoisotopic (exact) mass is 792 g/mol. The Hall–Kier alpha value is -4.66. The number of ketones is 2. The van der Waals surface area contributed by atoms with Crippen LogP contribution in [0.25, 0.3) is 0 Å². The average Bonchev–Trinajstić information content (AvgIpc) is 3.14. The molecule has 1 aliphatic carbocycles. The zero-order valence-electron chi connectivity index (χ0n) is 38.0. The standard InChI is InChI=1S/C50H64O8/c1-47(2,3)27-19-31-39(51)32-20-28(48(4,5)6)25-37(42(32)54-14)46(58-18)38-26-30(50(10,11)12)22-34(44(38)56-16)40(52)33-21-29(49(7,8)9)24-36(43(33)55-15)45(57-17)35(23-27)41(31)53-13/h19-26,45-46H,1-18H3. The largest absolute Gasteiger partial charge is 0.496 e. The van der Waals surface area contributed by atoms with Crippen molar-refractivity contribution in [1.82, 2.24) is 0 Å². The van der Waals surface area contributed by atoms with Crippen molar-refractivity contribution in [2.24, 2.45) is 0 Å². The molecule has 8 bridgehead atoms. The number of rotatable bonds is 6. The van der Waals surface area contributed by atoms with Crippen molar-refractivity contribution in [2.75, 3.05) is 42.7 Å². The van der Waals surface area contributed by atoms with Crippen molar-refractivity contribution < 1.29 is 38.0 Å². The summed E-state index contributed by atoms with van der Waals surface area (Å²) in [5.74, 6) is 0.830. The zero-order valence-corrected chi connectivity index (χ0v) is 38.0. The molecule has 0 unspecified atom stereocenters. The summed E-state index contributed by atoms with van der Waals surface area (Å²) in [6.07, 6.45) is -1.65. The number of methoxy groups -OCH3 is 6. The van der Waals surface area contributed by atoms with Crippen molar-refractivity contribution in [2.45, 2.75) is 117 Å². The number of hydrogen-bond acceptors (Lipinski definition) is 8. The Kier molecular flexibility index (Phi) is 12.1. The smallest absolute Gasteiger partial charge is 0.200 e. The Bertz CT molecular complexity index is 1920. The lowest BCUT2D eigenvalue weighted by Gasteiger charge is -2.31. The van der Waals surface area contributed by atoms with E-state index < -0.39 is 12.2 Å². The van der Waals surface area contributed by atoms with Gasteiger partial charge in [0.2, 0.25) is 11.6 Å². The minimum absolute atomic E-state index is 0.285. The summed E-state index contributed by atoms with van der Waals surface area (Å²) in [7, 11) is 9.50. The highest BCUT2D eigenvalue weighted by Gasteiger charge is 2.37. The Balaban J connectivity index is 2.16. The number of benzene rings is 4. The minimum Gasteiger partial charge on any atom is -0.496 e. The lowest BCUT2D eigenvalue weighted by Crippen LogP contribution is -2.22. The third kappa shape index (κ3) is 8.02. The van der Waals surface area contributed by atoms with Gasteiger partial charge in [0, 0.05) is 36.5 Å². The van der Waals surface area contributed by atoms with E-state index in [0.717, 1.165) is 22.3 Å². The summed E-state index contributed by atoms with van der Waals surface area (Å²) in [5.41, 5.74) is 5.89. The van der Waals surface area contributed by atoms with Gasteiger partial charge in [0.25, 0.3) is 0 Å². The van der Waals surface area contributed by atoms with E-state index in [-0.39, 0.29) is 33.2 Å². The van der Waals surface area contributed by atoms with Crippen LogP contribution in [0.4, 0.5) is 0 Å². The fourth-order valence-corrected chi connectivity index (χ4v) is 7.84. The second-order valence-electron chi connectivity index (χ2n) is 19.5. The first-order valence-electron chi connectivity index (χ1n) is 19.9. The van der Waals surface area contributed by atoms with Crippen molar-refractivity contribution in [3.05, 3.63) is 115 Å². The highest BCUT2D eigenvalue weighted by molar-refractivity contribution is 6.14. The maximum atomic E-state index is 15.6. The molecule has 0 aromatic heterocycles. The lowest BCUT2D eigenvalue weighted by atomic mass is 9.78. The first kappa shape index (κ1) is 44.4. The molecule has 0 spiro atoms. The van der Waals surface area contributed by atoms with Gasteiger partial charge in [-0.15, -0.1) is 0 Å². The molecule has 0 radical (unpaired) electrons. The molecular weight excluding hydrogens is 729 g/mol. The van der Waals surface area contributed by atoms with Crippen LogP contribution < -0.4 is 18.9 Å². The van der Waals surface area contributed by atoms with Crippen LogP contribution in [0, 0.1) is 0 Å². The van der Waals surface area contributed by atoms with Crippen LogP contribution in [-0.4, -0.2) is 54.2 Å². The van der Waals surface area contributed by atoms with Crippen LogP contribution in [-0.2, 0) is 31.1 Å². The first-order chi connectivity index (χ1) is 26.9. The van der Waals surface area contributed by atoms with Crippen molar-refractivity contribution in [3.63, 3.8) is 0 Å². The maximum Gasteiger partial charge on any atom is 0.200 e. The summed E-state index contributed by atoms with van der Waals surface area (Å²) in [6.45, 7) is 25.3. The van der Waals surface area contributed by atoms with Gasteiger partial charge in [0.05, 0.1) is 50.7 Å². The van der Waals surface area contributed by atoms with Gasteiger partial charge in [0.15, 0.2) is 0 Å². The molecular formula is C50H64O8. The van der Waals surface area contributed by atoms with Gasteiger partial charge in [-0.2, -0.15) is 0 Å². The fourth-order valence-electron chi connectivity index (χ4n) is 7.84. The molecule has 8 nitrogen and oxygen atoms in total. The molecule has 4 aromatic rings. The second kappa shape index (κ2) is 15.8. The molecule has 58 heavy (non-hydrogen) atoms. The number of fused-ring (bicyclic) bond motifs is 8. The molecule has 1 aliphatic rings. The molecule has 0 saturated heterocycles. The molecule has 0 N–H and O–H groups in total. The SMILES string of the molecule is COc1c2cc(C(C)(C)C)cc1C(OC)c1cc(C(C)(C)C)cc(c1OC)C(=O)c1cc(C(C)(C)C)cc(c1OC)C(OC)c1cc(C(C)(C)C)cc(c1OC)C2=O. The highest BCUT2D eigenvalue weighted by atomic mass is 16.5. The van der Waals surface area contributed by atoms with E-state index in [4.69, 9.17) is 28.4 Å². The molecule has 0 atom stereocenters. The van der Waals surface area contributed by atoms with Crippen molar-refractivity contribution in [1.29, 1.82) is 0 Å². The quantitative estimate of drug-likeness (QED) is 0.191. The number of carbonyl (C=O) groups is 2. The second-order valence-corrected chi connectivity index (χ2v) is 19.5. The van der Waals surface area contributed by atoms with Gasteiger partial charge in [-0.1, -0.05) is 83.1 Å². The normalized spacial score (nSPS) is 16.3. The van der Waals surface area contributed by atoms with Gasteiger partial charge < -0.3 is 28.4 Å². The van der Waals surface area contributed by atoms with Gasteiger partial charge in [-0.3, -0.25) is 9.59 Å². The number of carbonyl (C=O) groups excluding carboxylic acids is 2. The van der Waals surface area contributed by atoms with Crippen LogP contribution in [0.1, 0.15) is 172 Å². The Labute approximate surface area is 346 Å². The summed E-state index contributed by atoms with van der Waals surface area (Å²) < 4.78 is 37.9. The van der Waals surface area contributed by atoms with Crippen molar-refractivity contribution in [3.8, 4) is 23.0 Å². The Morgan fingerprint density at radius 2 is 0.534 bits per heavy atom. The van der Waals surface area contributed by atoms with E-state index in [2.05, 4.69) is 83.1 Å². The molecule has 4 aromatic carbocycles. The molecule has 0 saturated carbocycles. The Morgan fingerprint density at radius 3 is 0.672 bits per heavy atom. The number of ether oxygens (including phenoxy) is 6. The van der Waals surface area contributed by atoms with Crippen molar-refractivity contribution >= 4 is 11.6 Å². The summed E-state index contributed by atoms with van der Waals surface area (Å²) in [5, 5.41) is 0. The maximum absolute atomic E-state index is 15.6. The summed E-state index contributed by atoms with van der Waals surface area (Å²) >= 11 is 0. The number of hydrogen-bond donors (Lipinski definition) is 0. The van der Waals surface area contributed by atoms with Gasteiger partial charge in [0.1, 0.15) is 35.2 Å². The van der Waals surface area contributed by atoms with E-state index >= 15 is 9.59 Å². The van der Waals surface area contributed by atoms with Crippen LogP contribution in [0.15, 0.2) is 48.5 Å². The van der Waals surface area contributed by atoms with Crippen LogP contribution in [0.5, 0.6) is 23.0 Å². The molecule has 0 heterocycles. The third-order valence-electron chi connectivity index (χ3n) is 11.3. The van der Waals surface area contributed by atoms with Gasteiger partial charge in [-0.05, 0) is 92.4 Å². The van der Waals surface area contributed by atoms with E-state index in [1.807, 2.05) is 48.5 Å².